The van der Waals surface area contributed by atoms with Crippen LogP contribution < -0.4 is 5.32 Å². The monoisotopic (exact) mass is 316 g/mol. The second-order valence-corrected chi connectivity index (χ2v) is 6.84. The molecule has 2 nitrogen and oxygen atoms in total. The highest BCUT2D eigenvalue weighted by molar-refractivity contribution is 9.10. The third kappa shape index (κ3) is 3.78. The van der Waals surface area contributed by atoms with Gasteiger partial charge in [-0.15, -0.1) is 11.3 Å². The number of piperidine rings is 1. The van der Waals surface area contributed by atoms with Gasteiger partial charge in [-0.2, -0.15) is 0 Å². The molecule has 17 heavy (non-hydrogen) atoms. The number of nitrogens with one attached hydrogen (secondary N) is 1. The van der Waals surface area contributed by atoms with Crippen LogP contribution in [0.25, 0.3) is 0 Å². The Hall–Kier alpha value is 0.100. The number of likely N-dealkylation sites (tertiary alicyclic amines) is 1. The van der Waals surface area contributed by atoms with Crippen LogP contribution >= 0.6 is 27.3 Å². The largest absolute Gasteiger partial charge is 0.309 e. The zero-order valence-electron chi connectivity index (χ0n) is 10.6. The van der Waals surface area contributed by atoms with Gasteiger partial charge in [0.25, 0.3) is 0 Å². The molecular formula is C13H21BrN2S. The molecule has 2 unspecified atom stereocenters. The fourth-order valence-corrected chi connectivity index (χ4v) is 4.24. The molecule has 1 aromatic heterocycles. The fourth-order valence-electron chi connectivity index (χ4n) is 2.49. The summed E-state index contributed by atoms with van der Waals surface area (Å²) in [5.74, 6) is 0.815. The predicted molar refractivity (Wildman–Crippen MR) is 78.7 cm³/mol. The number of nitrogens with zero attached hydrogens (tertiary/aromatic N) is 1. The average Bonchev–Trinajstić information content (AvgIpc) is 2.72. The smallest absolute Gasteiger partial charge is 0.0397 e. The van der Waals surface area contributed by atoms with Gasteiger partial charge in [0, 0.05) is 21.9 Å². The van der Waals surface area contributed by atoms with Crippen molar-refractivity contribution in [3.63, 3.8) is 0 Å². The standard InChI is InChI=1S/C13H21BrN2S/c1-10(13-12(14)5-7-17-13)15-8-11-4-3-6-16(2)9-11/h5,7,10-11,15H,3-4,6,8-9H2,1-2H3. The molecule has 1 aromatic rings. The minimum atomic E-state index is 0.455. The van der Waals surface area contributed by atoms with Crippen molar-refractivity contribution >= 4 is 27.3 Å². The maximum Gasteiger partial charge on any atom is 0.0397 e. The highest BCUT2D eigenvalue weighted by Crippen LogP contribution is 2.29. The fraction of sp³-hybridized carbons (Fsp3) is 0.692. The van der Waals surface area contributed by atoms with Crippen LogP contribution in [0.3, 0.4) is 0 Å². The molecule has 1 aliphatic heterocycles. The Bertz CT molecular complexity index is 353. The zero-order valence-corrected chi connectivity index (χ0v) is 13.0. The third-order valence-electron chi connectivity index (χ3n) is 3.47. The minimum Gasteiger partial charge on any atom is -0.309 e. The van der Waals surface area contributed by atoms with Crippen LogP contribution in [0.4, 0.5) is 0 Å². The van der Waals surface area contributed by atoms with Gasteiger partial charge >= 0.3 is 0 Å². The molecule has 0 saturated carbocycles. The number of thiophene rings is 1. The van der Waals surface area contributed by atoms with Crippen molar-refractivity contribution in [2.45, 2.75) is 25.8 Å². The molecule has 0 aromatic carbocycles. The number of hydrogen-bond acceptors (Lipinski definition) is 3. The number of halogens is 1. The Morgan fingerprint density at radius 2 is 2.47 bits per heavy atom. The zero-order chi connectivity index (χ0) is 12.3. The van der Waals surface area contributed by atoms with Gasteiger partial charge in [0.15, 0.2) is 0 Å². The summed E-state index contributed by atoms with van der Waals surface area (Å²) >= 11 is 5.43. The topological polar surface area (TPSA) is 15.3 Å². The Kier molecular flexibility index (Phi) is 5.03. The summed E-state index contributed by atoms with van der Waals surface area (Å²) in [6, 6.07) is 2.59. The molecule has 0 radical (unpaired) electrons. The summed E-state index contributed by atoms with van der Waals surface area (Å²) in [6.07, 6.45) is 2.72. The van der Waals surface area contributed by atoms with Crippen molar-refractivity contribution in [1.82, 2.24) is 10.2 Å². The molecule has 0 bridgehead atoms. The molecule has 1 fully saturated rings. The summed E-state index contributed by atoms with van der Waals surface area (Å²) in [5.41, 5.74) is 0. The van der Waals surface area contributed by atoms with E-state index in [1.54, 1.807) is 0 Å². The maximum atomic E-state index is 3.67. The van der Waals surface area contributed by atoms with Crippen LogP contribution in [0.1, 0.15) is 30.7 Å². The Balaban J connectivity index is 1.80. The second-order valence-electron chi connectivity index (χ2n) is 5.03. The summed E-state index contributed by atoms with van der Waals surface area (Å²) in [6.45, 7) is 5.90. The molecule has 2 heterocycles. The molecule has 4 heteroatoms. The quantitative estimate of drug-likeness (QED) is 0.914. The van der Waals surface area contributed by atoms with E-state index >= 15 is 0 Å². The molecule has 0 aliphatic carbocycles. The van der Waals surface area contributed by atoms with Gasteiger partial charge in [0.1, 0.15) is 0 Å². The molecule has 0 spiro atoms. The molecular weight excluding hydrogens is 296 g/mol. The predicted octanol–water partition coefficient (Wildman–Crippen LogP) is 3.50. The lowest BCUT2D eigenvalue weighted by Crippen LogP contribution is -2.37. The van der Waals surface area contributed by atoms with Gasteiger partial charge in [-0.05, 0) is 73.2 Å². The van der Waals surface area contributed by atoms with E-state index in [1.807, 2.05) is 11.3 Å². The van der Waals surface area contributed by atoms with Crippen molar-refractivity contribution in [3.05, 3.63) is 20.8 Å². The van der Waals surface area contributed by atoms with E-state index in [2.05, 4.69) is 51.6 Å². The molecule has 1 aliphatic rings. The molecule has 2 rings (SSSR count). The first kappa shape index (κ1) is 13.5. The van der Waals surface area contributed by atoms with Crippen molar-refractivity contribution in [3.8, 4) is 0 Å². The Labute approximate surface area is 117 Å². The van der Waals surface area contributed by atoms with Crippen molar-refractivity contribution < 1.29 is 0 Å². The lowest BCUT2D eigenvalue weighted by Gasteiger charge is -2.30. The SMILES string of the molecule is CC(NCC1CCCN(C)C1)c1sccc1Br. The van der Waals surface area contributed by atoms with E-state index in [0.717, 1.165) is 12.5 Å². The Morgan fingerprint density at radius 3 is 3.12 bits per heavy atom. The average molecular weight is 317 g/mol. The highest BCUT2D eigenvalue weighted by atomic mass is 79.9. The van der Waals surface area contributed by atoms with Crippen LogP contribution in [0.2, 0.25) is 0 Å². The minimum absolute atomic E-state index is 0.455. The van der Waals surface area contributed by atoms with Gasteiger partial charge in [-0.1, -0.05) is 0 Å². The summed E-state index contributed by atoms with van der Waals surface area (Å²) < 4.78 is 1.24. The molecule has 1 saturated heterocycles. The van der Waals surface area contributed by atoms with Crippen LogP contribution in [-0.2, 0) is 0 Å². The first-order valence-electron chi connectivity index (χ1n) is 6.31. The van der Waals surface area contributed by atoms with Gasteiger partial charge in [0.2, 0.25) is 0 Å². The number of rotatable bonds is 4. The van der Waals surface area contributed by atoms with Gasteiger partial charge in [0.05, 0.1) is 0 Å². The lowest BCUT2D eigenvalue weighted by atomic mass is 9.98. The number of hydrogen-bond donors (Lipinski definition) is 1. The molecule has 1 N–H and O–H groups in total. The van der Waals surface area contributed by atoms with Crippen LogP contribution in [0, 0.1) is 5.92 Å². The third-order valence-corrected chi connectivity index (χ3v) is 5.53. The normalized spacial score (nSPS) is 23.8. The maximum absolute atomic E-state index is 3.67. The van der Waals surface area contributed by atoms with Crippen LogP contribution in [0.5, 0.6) is 0 Å². The van der Waals surface area contributed by atoms with Crippen molar-refractivity contribution in [2.75, 3.05) is 26.7 Å². The van der Waals surface area contributed by atoms with E-state index in [1.165, 1.54) is 35.3 Å². The van der Waals surface area contributed by atoms with Crippen LogP contribution in [0.15, 0.2) is 15.9 Å². The van der Waals surface area contributed by atoms with E-state index in [4.69, 9.17) is 0 Å². The molecule has 0 amide bonds. The second kappa shape index (κ2) is 6.32. The first-order valence-corrected chi connectivity index (χ1v) is 7.99. The molecule has 2 atom stereocenters. The van der Waals surface area contributed by atoms with Gasteiger partial charge in [-0.3, -0.25) is 0 Å². The van der Waals surface area contributed by atoms with Crippen LogP contribution in [-0.4, -0.2) is 31.6 Å². The highest BCUT2D eigenvalue weighted by Gasteiger charge is 2.18. The summed E-state index contributed by atoms with van der Waals surface area (Å²) in [5, 5.41) is 5.81. The van der Waals surface area contributed by atoms with E-state index < -0.39 is 0 Å². The van der Waals surface area contributed by atoms with E-state index in [0.29, 0.717) is 6.04 Å². The van der Waals surface area contributed by atoms with Gasteiger partial charge in [-0.25, -0.2) is 0 Å². The van der Waals surface area contributed by atoms with Gasteiger partial charge < -0.3 is 10.2 Å². The van der Waals surface area contributed by atoms with Crippen molar-refractivity contribution in [2.24, 2.45) is 5.92 Å². The van der Waals surface area contributed by atoms with E-state index in [9.17, 15) is 0 Å². The Morgan fingerprint density at radius 1 is 1.65 bits per heavy atom. The van der Waals surface area contributed by atoms with E-state index in [-0.39, 0.29) is 0 Å². The summed E-state index contributed by atoms with van der Waals surface area (Å²) in [4.78, 5) is 3.86. The first-order chi connectivity index (χ1) is 8.16. The summed E-state index contributed by atoms with van der Waals surface area (Å²) in [7, 11) is 2.23. The van der Waals surface area contributed by atoms with Crippen molar-refractivity contribution in [1.29, 1.82) is 0 Å². The lowest BCUT2D eigenvalue weighted by molar-refractivity contribution is 0.203. The molecule has 96 valence electrons.